The number of amides is 1. The molecule has 0 aliphatic heterocycles. The predicted octanol–water partition coefficient (Wildman–Crippen LogP) is 4.79. The average molecular weight is 377 g/mol. The van der Waals surface area contributed by atoms with E-state index in [1.165, 1.54) is 29.5 Å². The van der Waals surface area contributed by atoms with E-state index in [0.29, 0.717) is 17.8 Å². The number of thiazole rings is 1. The van der Waals surface area contributed by atoms with Crippen LogP contribution in [0.25, 0.3) is 0 Å². The van der Waals surface area contributed by atoms with Gasteiger partial charge in [0.1, 0.15) is 17.3 Å². The zero-order valence-electron chi connectivity index (χ0n) is 13.3. The van der Waals surface area contributed by atoms with Gasteiger partial charge in [-0.05, 0) is 35.9 Å². The number of hydrogen-bond acceptors (Lipinski definition) is 4. The summed E-state index contributed by atoms with van der Waals surface area (Å²) in [5, 5.41) is 5.13. The minimum atomic E-state index is -0.532. The Bertz CT molecular complexity index is 896. The lowest BCUT2D eigenvalue weighted by Crippen LogP contribution is -2.12. The van der Waals surface area contributed by atoms with Crippen molar-refractivity contribution in [1.29, 1.82) is 0 Å². The first kappa shape index (κ1) is 17.4. The molecule has 0 aliphatic carbocycles. The predicted molar refractivity (Wildman–Crippen MR) is 97.3 cm³/mol. The molecule has 3 rings (SSSR count). The number of nitrogens with zero attached hydrogens (tertiary/aromatic N) is 1. The molecule has 0 saturated heterocycles. The normalized spacial score (nSPS) is 10.5. The number of nitrogens with one attached hydrogen (secondary N) is 1. The minimum absolute atomic E-state index is 0.0451. The number of benzene rings is 2. The smallest absolute Gasteiger partial charge is 0.275 e. The molecule has 1 amide bonds. The Morgan fingerprint density at radius 3 is 2.72 bits per heavy atom. The fourth-order valence-corrected chi connectivity index (χ4v) is 3.17. The standard InChI is InChI=1S/C18H14ClFN2O2S/c1-24-13-5-2-11(3-6-13)8-17-22-16(10-25-17)18(23)21-12-4-7-15(20)14(19)9-12/h2-7,9-10H,8H2,1H3,(H,21,23). The van der Waals surface area contributed by atoms with Crippen molar-refractivity contribution in [3.8, 4) is 5.75 Å². The van der Waals surface area contributed by atoms with Crippen LogP contribution in [0.1, 0.15) is 21.1 Å². The Labute approximate surface area is 153 Å². The van der Waals surface area contributed by atoms with Gasteiger partial charge in [-0.2, -0.15) is 0 Å². The van der Waals surface area contributed by atoms with Crippen LogP contribution in [0.5, 0.6) is 5.75 Å². The lowest BCUT2D eigenvalue weighted by Gasteiger charge is -2.04. The van der Waals surface area contributed by atoms with E-state index in [1.807, 2.05) is 24.3 Å². The maximum Gasteiger partial charge on any atom is 0.275 e. The van der Waals surface area contributed by atoms with E-state index in [0.717, 1.165) is 16.3 Å². The molecular formula is C18H14ClFN2O2S. The number of carbonyl (C=O) groups excluding carboxylic acids is 1. The Kier molecular flexibility index (Phi) is 5.31. The molecule has 0 unspecified atom stereocenters. The molecule has 1 heterocycles. The third kappa shape index (κ3) is 4.35. The van der Waals surface area contributed by atoms with Crippen molar-refractivity contribution < 1.29 is 13.9 Å². The topological polar surface area (TPSA) is 51.2 Å². The highest BCUT2D eigenvalue weighted by molar-refractivity contribution is 7.09. The molecule has 0 saturated carbocycles. The first-order chi connectivity index (χ1) is 12.0. The summed E-state index contributed by atoms with van der Waals surface area (Å²) in [4.78, 5) is 16.6. The maximum atomic E-state index is 13.2. The van der Waals surface area contributed by atoms with Crippen molar-refractivity contribution in [1.82, 2.24) is 4.98 Å². The molecule has 7 heteroatoms. The second kappa shape index (κ2) is 7.63. The summed E-state index contributed by atoms with van der Waals surface area (Å²) >= 11 is 7.12. The second-order valence-corrected chi connectivity index (χ2v) is 6.58. The monoisotopic (exact) mass is 376 g/mol. The van der Waals surface area contributed by atoms with Gasteiger partial charge in [-0.1, -0.05) is 23.7 Å². The molecule has 0 bridgehead atoms. The SMILES string of the molecule is COc1ccc(Cc2nc(C(=O)Nc3ccc(F)c(Cl)c3)cs2)cc1. The van der Waals surface area contributed by atoms with Gasteiger partial charge in [0, 0.05) is 17.5 Å². The first-order valence-electron chi connectivity index (χ1n) is 7.39. The molecule has 0 radical (unpaired) electrons. The molecule has 0 aliphatic rings. The fourth-order valence-electron chi connectivity index (χ4n) is 2.18. The van der Waals surface area contributed by atoms with Crippen molar-refractivity contribution in [3.05, 3.63) is 74.9 Å². The first-order valence-corrected chi connectivity index (χ1v) is 8.64. The molecule has 0 fully saturated rings. The Hall–Kier alpha value is -2.44. The van der Waals surface area contributed by atoms with E-state index >= 15 is 0 Å². The highest BCUT2D eigenvalue weighted by Crippen LogP contribution is 2.21. The number of methoxy groups -OCH3 is 1. The van der Waals surface area contributed by atoms with E-state index < -0.39 is 5.82 Å². The number of carbonyl (C=O) groups is 1. The maximum absolute atomic E-state index is 13.2. The Morgan fingerprint density at radius 2 is 2.04 bits per heavy atom. The molecular weight excluding hydrogens is 363 g/mol. The lowest BCUT2D eigenvalue weighted by atomic mass is 10.1. The summed E-state index contributed by atoms with van der Waals surface area (Å²) < 4.78 is 18.3. The van der Waals surface area contributed by atoms with Gasteiger partial charge in [0.25, 0.3) is 5.91 Å². The Morgan fingerprint density at radius 1 is 1.28 bits per heavy atom. The van der Waals surface area contributed by atoms with E-state index in [1.54, 1.807) is 12.5 Å². The van der Waals surface area contributed by atoms with Gasteiger partial charge in [-0.3, -0.25) is 4.79 Å². The van der Waals surface area contributed by atoms with Crippen molar-refractivity contribution in [2.75, 3.05) is 12.4 Å². The van der Waals surface area contributed by atoms with E-state index in [4.69, 9.17) is 16.3 Å². The van der Waals surface area contributed by atoms with Crippen molar-refractivity contribution in [3.63, 3.8) is 0 Å². The highest BCUT2D eigenvalue weighted by Gasteiger charge is 2.12. The number of aromatic nitrogens is 1. The van der Waals surface area contributed by atoms with Gasteiger partial charge in [0.2, 0.25) is 0 Å². The fraction of sp³-hybridized carbons (Fsp3) is 0.111. The number of halogens is 2. The number of anilines is 1. The van der Waals surface area contributed by atoms with Crippen LogP contribution in [-0.4, -0.2) is 18.0 Å². The van der Waals surface area contributed by atoms with Crippen molar-refractivity contribution in [2.45, 2.75) is 6.42 Å². The van der Waals surface area contributed by atoms with Crippen molar-refractivity contribution >= 4 is 34.5 Å². The molecule has 0 spiro atoms. The number of hydrogen-bond donors (Lipinski definition) is 1. The quantitative estimate of drug-likeness (QED) is 0.696. The van der Waals surface area contributed by atoms with Crippen LogP contribution < -0.4 is 10.1 Å². The third-order valence-corrected chi connectivity index (χ3v) is 4.61. The summed E-state index contributed by atoms with van der Waals surface area (Å²) in [5.74, 6) is -0.101. The third-order valence-electron chi connectivity index (χ3n) is 3.48. The molecule has 3 aromatic rings. The van der Waals surface area contributed by atoms with E-state index in [9.17, 15) is 9.18 Å². The Balaban J connectivity index is 1.67. The van der Waals surface area contributed by atoms with Crippen LogP contribution in [0.2, 0.25) is 5.02 Å². The van der Waals surface area contributed by atoms with Gasteiger partial charge in [0.05, 0.1) is 17.1 Å². The molecule has 2 aromatic carbocycles. The van der Waals surface area contributed by atoms with E-state index in [-0.39, 0.29) is 10.9 Å². The largest absolute Gasteiger partial charge is 0.497 e. The van der Waals surface area contributed by atoms with E-state index in [2.05, 4.69) is 10.3 Å². The summed E-state index contributed by atoms with van der Waals surface area (Å²) in [6.45, 7) is 0. The van der Waals surface area contributed by atoms with Crippen LogP contribution in [0.15, 0.2) is 47.8 Å². The van der Waals surface area contributed by atoms with Crippen LogP contribution in [0, 0.1) is 5.82 Å². The zero-order valence-corrected chi connectivity index (χ0v) is 14.8. The van der Waals surface area contributed by atoms with Crippen molar-refractivity contribution in [2.24, 2.45) is 0 Å². The average Bonchev–Trinajstić information content (AvgIpc) is 3.07. The summed E-state index contributed by atoms with van der Waals surface area (Å²) in [6.07, 6.45) is 0.629. The molecule has 25 heavy (non-hydrogen) atoms. The van der Waals surface area contributed by atoms with Crippen LogP contribution in [0.3, 0.4) is 0 Å². The van der Waals surface area contributed by atoms with Crippen LogP contribution in [-0.2, 0) is 6.42 Å². The van der Waals surface area contributed by atoms with Gasteiger partial charge >= 0.3 is 0 Å². The molecule has 4 nitrogen and oxygen atoms in total. The van der Waals surface area contributed by atoms with Gasteiger partial charge in [0.15, 0.2) is 0 Å². The molecule has 1 N–H and O–H groups in total. The van der Waals surface area contributed by atoms with Gasteiger partial charge < -0.3 is 10.1 Å². The van der Waals surface area contributed by atoms with Crippen LogP contribution >= 0.6 is 22.9 Å². The molecule has 1 aromatic heterocycles. The highest BCUT2D eigenvalue weighted by atomic mass is 35.5. The molecule has 0 atom stereocenters. The van der Waals surface area contributed by atoms with Gasteiger partial charge in [-0.15, -0.1) is 11.3 Å². The summed E-state index contributed by atoms with van der Waals surface area (Å²) in [5.41, 5.74) is 1.81. The number of ether oxygens (including phenoxy) is 1. The second-order valence-electron chi connectivity index (χ2n) is 5.23. The number of rotatable bonds is 5. The minimum Gasteiger partial charge on any atom is -0.497 e. The summed E-state index contributed by atoms with van der Waals surface area (Å²) in [7, 11) is 1.62. The summed E-state index contributed by atoms with van der Waals surface area (Å²) in [6, 6.07) is 11.7. The zero-order chi connectivity index (χ0) is 17.8. The molecule has 128 valence electrons. The van der Waals surface area contributed by atoms with Crippen LogP contribution in [0.4, 0.5) is 10.1 Å². The lowest BCUT2D eigenvalue weighted by molar-refractivity contribution is 0.102. The van der Waals surface area contributed by atoms with Gasteiger partial charge in [-0.25, -0.2) is 9.37 Å².